The van der Waals surface area contributed by atoms with E-state index in [4.69, 9.17) is 0 Å². The van der Waals surface area contributed by atoms with E-state index in [1.54, 1.807) is 12.1 Å². The summed E-state index contributed by atoms with van der Waals surface area (Å²) in [5.74, 6) is 0. The molecule has 49 valence electrons. The number of hydrogen-bond acceptors (Lipinski definition) is 1. The molecule has 0 unspecified atom stereocenters. The van der Waals surface area contributed by atoms with Gasteiger partial charge in [0, 0.05) is 32.7 Å². The Balaban J connectivity index is 0.000000810. The molecule has 10 heavy (non-hydrogen) atoms. The van der Waals surface area contributed by atoms with E-state index in [-0.39, 0.29) is 32.7 Å². The summed E-state index contributed by atoms with van der Waals surface area (Å²) in [6.45, 7) is 1.95. The first-order valence-corrected chi connectivity index (χ1v) is 2.76. The molecule has 0 spiro atoms. The van der Waals surface area contributed by atoms with Crippen molar-refractivity contribution in [2.75, 3.05) is 0 Å². The molecule has 1 radical (unpaired) electrons. The maximum Gasteiger partial charge on any atom is 0.0655 e. The third-order valence-corrected chi connectivity index (χ3v) is 1.11. The smallest absolute Gasteiger partial charge is 0.0655 e. The number of aldehydes is 1. The van der Waals surface area contributed by atoms with Crippen LogP contribution in [0.1, 0.15) is 15.9 Å². The summed E-state index contributed by atoms with van der Waals surface area (Å²) in [6.07, 6.45) is 0.799. The van der Waals surface area contributed by atoms with Crippen LogP contribution in [-0.2, 0) is 32.7 Å². The minimum absolute atomic E-state index is 0. The van der Waals surface area contributed by atoms with Gasteiger partial charge in [0.25, 0.3) is 0 Å². The molecule has 0 N–H and O–H groups in total. The molecule has 0 saturated carbocycles. The summed E-state index contributed by atoms with van der Waals surface area (Å²) in [4.78, 5) is 10.1. The molecule has 0 aliphatic heterocycles. The van der Waals surface area contributed by atoms with Gasteiger partial charge in [0.05, 0.1) is 6.29 Å². The Labute approximate surface area is 85.7 Å². The molecule has 1 nitrogen and oxygen atoms in total. The van der Waals surface area contributed by atoms with E-state index in [9.17, 15) is 4.79 Å². The maximum absolute atomic E-state index is 10.1. The van der Waals surface area contributed by atoms with Crippen molar-refractivity contribution in [1.82, 2.24) is 0 Å². The molecule has 1 rings (SSSR count). The third-order valence-electron chi connectivity index (χ3n) is 1.11. The van der Waals surface area contributed by atoms with E-state index < -0.39 is 0 Å². The summed E-state index contributed by atoms with van der Waals surface area (Å²) in [5.41, 5.74) is 1.71. The van der Waals surface area contributed by atoms with Gasteiger partial charge in [-0.3, -0.25) is 0 Å². The van der Waals surface area contributed by atoms with E-state index in [1.165, 1.54) is 0 Å². The van der Waals surface area contributed by atoms with Gasteiger partial charge < -0.3 is 4.79 Å². The third kappa shape index (κ3) is 2.72. The van der Waals surface area contributed by atoms with Crippen molar-refractivity contribution in [1.29, 1.82) is 0 Å². The predicted molar refractivity (Wildman–Crippen MR) is 35.4 cm³/mol. The zero-order valence-corrected chi connectivity index (χ0v) is 8.63. The molecular weight excluding hydrogens is 201 g/mol. The molecule has 0 aliphatic carbocycles. The Bertz CT molecular complexity index is 220. The fourth-order valence-corrected chi connectivity index (χ4v) is 0.672. The largest absolute Gasteiger partial charge is 0.355 e. The van der Waals surface area contributed by atoms with Crippen LogP contribution in [0, 0.1) is 13.0 Å². The van der Waals surface area contributed by atoms with Crippen molar-refractivity contribution in [2.24, 2.45) is 0 Å². The van der Waals surface area contributed by atoms with Crippen molar-refractivity contribution in [3.05, 3.63) is 35.4 Å². The van der Waals surface area contributed by atoms with Gasteiger partial charge in [0.15, 0.2) is 0 Å². The van der Waals surface area contributed by atoms with E-state index >= 15 is 0 Å². The van der Waals surface area contributed by atoms with Crippen molar-refractivity contribution >= 4 is 6.29 Å². The number of rotatable bonds is 1. The number of hydrogen-bond donors (Lipinski definition) is 0. The molecule has 0 fully saturated rings. The Hall–Kier alpha value is -0.00610. The Kier molecular flexibility index (Phi) is 4.75. The van der Waals surface area contributed by atoms with Gasteiger partial charge in [-0.2, -0.15) is 0 Å². The summed E-state index contributed by atoms with van der Waals surface area (Å²) >= 11 is 0. The summed E-state index contributed by atoms with van der Waals surface area (Å²) in [7, 11) is 0. The number of aryl methyl sites for hydroxylation is 1. The van der Waals surface area contributed by atoms with Gasteiger partial charge in [0.2, 0.25) is 0 Å². The minimum Gasteiger partial charge on any atom is -0.355 e. The van der Waals surface area contributed by atoms with Crippen LogP contribution in [0.2, 0.25) is 0 Å². The van der Waals surface area contributed by atoms with Crippen molar-refractivity contribution in [3.63, 3.8) is 0 Å². The molecule has 0 heterocycles. The van der Waals surface area contributed by atoms with Gasteiger partial charge in [-0.25, -0.2) is 0 Å². The number of carbonyl (C=O) groups excluding carboxylic acids is 1. The monoisotopic (exact) mass is 208 g/mol. The van der Waals surface area contributed by atoms with Gasteiger partial charge in [0.1, 0.15) is 0 Å². The molecule has 1 aromatic carbocycles. The average Bonchev–Trinajstić information content (AvgIpc) is 1.88. The Morgan fingerprint density at radius 3 is 2.70 bits per heavy atom. The first-order valence-electron chi connectivity index (χ1n) is 2.76. The number of carbonyl (C=O) groups is 1. The molecule has 0 amide bonds. The van der Waals surface area contributed by atoms with Crippen LogP contribution in [0.3, 0.4) is 0 Å². The first-order chi connectivity index (χ1) is 4.33. The molecule has 0 bridgehead atoms. The number of benzene rings is 1. The second-order valence-corrected chi connectivity index (χ2v) is 1.94. The predicted octanol–water partition coefficient (Wildman–Crippen LogP) is 1.61. The molecule has 0 aliphatic rings. The zero-order chi connectivity index (χ0) is 6.69. The average molecular weight is 208 g/mol. The van der Waals surface area contributed by atoms with Crippen molar-refractivity contribution in [2.45, 2.75) is 6.92 Å². The van der Waals surface area contributed by atoms with Gasteiger partial charge in [-0.15, -0.1) is 35.4 Å². The van der Waals surface area contributed by atoms with Gasteiger partial charge >= 0.3 is 0 Å². The minimum atomic E-state index is 0. The molecule has 0 aromatic heterocycles. The zero-order valence-electron chi connectivity index (χ0n) is 5.79. The van der Waals surface area contributed by atoms with E-state index in [1.807, 2.05) is 13.0 Å². The second kappa shape index (κ2) is 4.76. The van der Waals surface area contributed by atoms with Crippen molar-refractivity contribution in [3.8, 4) is 0 Å². The standard InChI is InChI=1S/C8H7O.Y/c1-7-3-2-4-8(5-7)6-9;/h2-3,5-6H,1H3;/q-1;. The van der Waals surface area contributed by atoms with Gasteiger partial charge in [-0.1, -0.05) is 6.92 Å². The van der Waals surface area contributed by atoms with Crippen LogP contribution in [0.25, 0.3) is 0 Å². The van der Waals surface area contributed by atoms with Crippen LogP contribution < -0.4 is 0 Å². The quantitative estimate of drug-likeness (QED) is 0.506. The Morgan fingerprint density at radius 1 is 1.60 bits per heavy atom. The first kappa shape index (κ1) is 9.99. The van der Waals surface area contributed by atoms with Crippen LogP contribution in [0.4, 0.5) is 0 Å². The van der Waals surface area contributed by atoms with E-state index in [2.05, 4.69) is 6.07 Å². The maximum atomic E-state index is 10.1. The van der Waals surface area contributed by atoms with Crippen LogP contribution in [0.15, 0.2) is 18.2 Å². The molecule has 1 aromatic rings. The van der Waals surface area contributed by atoms with Crippen LogP contribution in [-0.4, -0.2) is 6.29 Å². The Morgan fingerprint density at radius 2 is 2.30 bits per heavy atom. The molecule has 0 atom stereocenters. The molecule has 0 saturated heterocycles. The van der Waals surface area contributed by atoms with Crippen LogP contribution in [0.5, 0.6) is 0 Å². The fraction of sp³-hybridized carbons (Fsp3) is 0.125. The summed E-state index contributed by atoms with van der Waals surface area (Å²) < 4.78 is 0. The topological polar surface area (TPSA) is 17.1 Å². The SMILES string of the molecule is Cc1cc[c-]c(C=O)c1.[Y]. The van der Waals surface area contributed by atoms with Crippen molar-refractivity contribution < 1.29 is 37.5 Å². The summed E-state index contributed by atoms with van der Waals surface area (Å²) in [6, 6.07) is 8.25. The normalized spacial score (nSPS) is 8.10. The van der Waals surface area contributed by atoms with Gasteiger partial charge in [-0.05, 0) is 0 Å². The molecular formula is C8H7OY-. The molecule has 2 heteroatoms. The van der Waals surface area contributed by atoms with E-state index in [0.717, 1.165) is 11.8 Å². The van der Waals surface area contributed by atoms with Crippen LogP contribution >= 0.6 is 0 Å². The van der Waals surface area contributed by atoms with E-state index in [0.29, 0.717) is 5.56 Å². The summed E-state index contributed by atoms with van der Waals surface area (Å²) in [5, 5.41) is 0. The second-order valence-electron chi connectivity index (χ2n) is 1.94. The fourth-order valence-electron chi connectivity index (χ4n) is 0.672.